The van der Waals surface area contributed by atoms with Crippen LogP contribution < -0.4 is 5.32 Å². The van der Waals surface area contributed by atoms with E-state index in [2.05, 4.69) is 15.3 Å². The second-order valence-electron chi connectivity index (χ2n) is 7.89. The first-order chi connectivity index (χ1) is 14.1. The molecule has 2 heterocycles. The number of fused-ring (bicyclic) bond motifs is 1. The molecule has 1 fully saturated rings. The van der Waals surface area contributed by atoms with Crippen molar-refractivity contribution in [2.24, 2.45) is 5.92 Å². The first kappa shape index (κ1) is 20.3. The Morgan fingerprint density at radius 3 is 2.50 bits per heavy atom. The molecule has 1 atom stereocenters. The molecule has 2 aromatic heterocycles. The van der Waals surface area contributed by atoms with Gasteiger partial charge in [-0.1, -0.05) is 30.3 Å². The summed E-state index contributed by atoms with van der Waals surface area (Å²) in [6, 6.07) is 10.9. The number of carbonyl (C=O) groups is 1. The van der Waals surface area contributed by atoms with Gasteiger partial charge in [-0.25, -0.2) is 9.97 Å². The highest BCUT2D eigenvalue weighted by Crippen LogP contribution is 2.35. The van der Waals surface area contributed by atoms with Gasteiger partial charge in [-0.05, 0) is 43.4 Å². The second-order valence-corrected chi connectivity index (χ2v) is 7.89. The van der Waals surface area contributed by atoms with E-state index in [0.29, 0.717) is 18.0 Å². The SMILES string of the molecule is CC(O)(CC(=O)Nc1nc2ccc(C(F)(F)F)nc2n1CC1CC1)c1ccccc1. The fourth-order valence-corrected chi connectivity index (χ4v) is 3.37. The Balaban J connectivity index is 1.62. The Morgan fingerprint density at radius 1 is 1.17 bits per heavy atom. The number of amides is 1. The van der Waals surface area contributed by atoms with Gasteiger partial charge >= 0.3 is 6.18 Å². The smallest absolute Gasteiger partial charge is 0.385 e. The predicted molar refractivity (Wildman–Crippen MR) is 105 cm³/mol. The predicted octanol–water partition coefficient (Wildman–Crippen LogP) is 4.10. The number of aromatic nitrogens is 3. The summed E-state index contributed by atoms with van der Waals surface area (Å²) in [7, 11) is 0. The van der Waals surface area contributed by atoms with Crippen molar-refractivity contribution >= 4 is 23.0 Å². The molecule has 1 aliphatic carbocycles. The highest BCUT2D eigenvalue weighted by molar-refractivity contribution is 5.91. The number of halogens is 3. The standard InChI is InChI=1S/C21H21F3N4O2/c1-20(30,14-5-3-2-4-6-14)11-17(29)27-19-25-15-9-10-16(21(22,23)24)26-18(15)28(19)12-13-7-8-13/h2-6,9-10,13,30H,7-8,11-12H2,1H3,(H,25,27,29). The molecule has 1 amide bonds. The zero-order chi connectivity index (χ0) is 21.5. The van der Waals surface area contributed by atoms with Gasteiger partial charge in [0.1, 0.15) is 11.2 Å². The van der Waals surface area contributed by atoms with E-state index >= 15 is 0 Å². The third kappa shape index (κ3) is 4.30. The third-order valence-corrected chi connectivity index (χ3v) is 5.17. The molecule has 1 saturated carbocycles. The molecule has 3 aromatic rings. The van der Waals surface area contributed by atoms with Crippen LogP contribution in [0.15, 0.2) is 42.5 Å². The van der Waals surface area contributed by atoms with Crippen molar-refractivity contribution in [1.82, 2.24) is 14.5 Å². The lowest BCUT2D eigenvalue weighted by Gasteiger charge is -2.23. The topological polar surface area (TPSA) is 80.0 Å². The Bertz CT molecular complexity index is 1070. The lowest BCUT2D eigenvalue weighted by atomic mass is 9.92. The van der Waals surface area contributed by atoms with Crippen LogP contribution in [0, 0.1) is 5.92 Å². The van der Waals surface area contributed by atoms with Crippen molar-refractivity contribution in [2.75, 3.05) is 5.32 Å². The quantitative estimate of drug-likeness (QED) is 0.632. The zero-order valence-corrected chi connectivity index (χ0v) is 16.3. The van der Waals surface area contributed by atoms with E-state index in [1.165, 1.54) is 17.6 Å². The van der Waals surface area contributed by atoms with E-state index in [1.54, 1.807) is 24.3 Å². The van der Waals surface area contributed by atoms with E-state index in [1.807, 2.05) is 6.07 Å². The van der Waals surface area contributed by atoms with E-state index in [0.717, 1.165) is 18.9 Å². The maximum atomic E-state index is 13.1. The van der Waals surface area contributed by atoms with Crippen LogP contribution in [0.4, 0.5) is 19.1 Å². The van der Waals surface area contributed by atoms with Gasteiger partial charge in [0.2, 0.25) is 11.9 Å². The summed E-state index contributed by atoms with van der Waals surface area (Å²) in [5.41, 5.74) is -1.46. The van der Waals surface area contributed by atoms with Crippen LogP contribution in [-0.4, -0.2) is 25.5 Å². The Hall–Kier alpha value is -2.94. The summed E-state index contributed by atoms with van der Waals surface area (Å²) >= 11 is 0. The first-order valence-corrected chi connectivity index (χ1v) is 9.66. The normalized spacial score (nSPS) is 16.4. The van der Waals surface area contributed by atoms with Crippen molar-refractivity contribution in [3.63, 3.8) is 0 Å². The van der Waals surface area contributed by atoms with Crippen LogP contribution in [0.25, 0.3) is 11.2 Å². The maximum absolute atomic E-state index is 13.1. The molecular formula is C21H21F3N4O2. The van der Waals surface area contributed by atoms with Crippen LogP contribution in [0.2, 0.25) is 0 Å². The van der Waals surface area contributed by atoms with E-state index < -0.39 is 23.4 Å². The number of imidazole rings is 1. The number of pyridine rings is 1. The number of benzene rings is 1. The maximum Gasteiger partial charge on any atom is 0.433 e. The number of rotatable bonds is 6. The molecule has 0 bridgehead atoms. The number of hydrogen-bond acceptors (Lipinski definition) is 4. The molecule has 30 heavy (non-hydrogen) atoms. The molecule has 1 unspecified atom stereocenters. The summed E-state index contributed by atoms with van der Waals surface area (Å²) in [6.07, 6.45) is -2.87. The average molecular weight is 418 g/mol. The van der Waals surface area contributed by atoms with Crippen molar-refractivity contribution in [2.45, 2.75) is 44.5 Å². The van der Waals surface area contributed by atoms with Gasteiger partial charge in [0.25, 0.3) is 0 Å². The number of nitrogens with one attached hydrogen (secondary N) is 1. The number of nitrogens with zero attached hydrogens (tertiary/aromatic N) is 3. The van der Waals surface area contributed by atoms with E-state index in [4.69, 9.17) is 0 Å². The van der Waals surface area contributed by atoms with Crippen LogP contribution in [0.3, 0.4) is 0 Å². The number of alkyl halides is 3. The van der Waals surface area contributed by atoms with E-state index in [9.17, 15) is 23.1 Å². The minimum absolute atomic E-state index is 0.0850. The largest absolute Gasteiger partial charge is 0.433 e. The molecule has 0 spiro atoms. The van der Waals surface area contributed by atoms with Gasteiger partial charge in [0.05, 0.1) is 12.0 Å². The number of carbonyl (C=O) groups excluding carboxylic acids is 1. The van der Waals surface area contributed by atoms with Gasteiger partial charge in [-0.3, -0.25) is 14.7 Å². The molecular weight excluding hydrogens is 397 g/mol. The molecule has 6 nitrogen and oxygen atoms in total. The van der Waals surface area contributed by atoms with E-state index in [-0.39, 0.29) is 23.5 Å². The molecule has 1 aliphatic rings. The molecule has 0 radical (unpaired) electrons. The van der Waals surface area contributed by atoms with Gasteiger partial charge in [0.15, 0.2) is 5.65 Å². The molecule has 0 saturated heterocycles. The van der Waals surface area contributed by atoms with Crippen molar-refractivity contribution in [3.8, 4) is 0 Å². The fourth-order valence-electron chi connectivity index (χ4n) is 3.37. The lowest BCUT2D eigenvalue weighted by molar-refractivity contribution is -0.141. The Morgan fingerprint density at radius 2 is 1.87 bits per heavy atom. The lowest BCUT2D eigenvalue weighted by Crippen LogP contribution is -2.29. The van der Waals surface area contributed by atoms with Crippen molar-refractivity contribution < 1.29 is 23.1 Å². The highest BCUT2D eigenvalue weighted by Gasteiger charge is 2.34. The highest BCUT2D eigenvalue weighted by atomic mass is 19.4. The minimum Gasteiger partial charge on any atom is -0.385 e. The Labute approximate surface area is 170 Å². The summed E-state index contributed by atoms with van der Waals surface area (Å²) in [4.78, 5) is 20.7. The van der Waals surface area contributed by atoms with Gasteiger partial charge in [0, 0.05) is 6.54 Å². The fraction of sp³-hybridized carbons (Fsp3) is 0.381. The van der Waals surface area contributed by atoms with Crippen LogP contribution in [0.1, 0.15) is 37.4 Å². The van der Waals surface area contributed by atoms with Gasteiger partial charge in [-0.15, -0.1) is 0 Å². The molecule has 4 rings (SSSR count). The summed E-state index contributed by atoms with van der Waals surface area (Å²) in [5, 5.41) is 13.3. The molecule has 1 aromatic carbocycles. The van der Waals surface area contributed by atoms with Crippen molar-refractivity contribution in [1.29, 1.82) is 0 Å². The summed E-state index contributed by atoms with van der Waals surface area (Å²) < 4.78 is 40.8. The number of anilines is 1. The summed E-state index contributed by atoms with van der Waals surface area (Å²) in [6.45, 7) is 1.96. The molecule has 2 N–H and O–H groups in total. The minimum atomic E-state index is -4.57. The van der Waals surface area contributed by atoms with Gasteiger partial charge < -0.3 is 5.11 Å². The monoisotopic (exact) mass is 418 g/mol. The average Bonchev–Trinajstić information content (AvgIpc) is 3.43. The Kier molecular flexibility index (Phi) is 5.01. The third-order valence-electron chi connectivity index (χ3n) is 5.17. The van der Waals surface area contributed by atoms with Crippen LogP contribution in [-0.2, 0) is 23.1 Å². The molecule has 0 aliphatic heterocycles. The molecule has 158 valence electrons. The first-order valence-electron chi connectivity index (χ1n) is 9.66. The summed E-state index contributed by atoms with van der Waals surface area (Å²) in [5.74, 6) is -0.0355. The van der Waals surface area contributed by atoms with Crippen LogP contribution >= 0.6 is 0 Å². The zero-order valence-electron chi connectivity index (χ0n) is 16.3. The van der Waals surface area contributed by atoms with Gasteiger partial charge in [-0.2, -0.15) is 13.2 Å². The van der Waals surface area contributed by atoms with Crippen LogP contribution in [0.5, 0.6) is 0 Å². The number of hydrogen-bond donors (Lipinski definition) is 2. The molecule has 9 heteroatoms. The second kappa shape index (κ2) is 7.39. The van der Waals surface area contributed by atoms with Crippen molar-refractivity contribution in [3.05, 3.63) is 53.7 Å². The number of aliphatic hydroxyl groups is 1.